The van der Waals surface area contributed by atoms with Crippen LogP contribution in [0.3, 0.4) is 0 Å². The predicted octanol–water partition coefficient (Wildman–Crippen LogP) is 1.31. The van der Waals surface area contributed by atoms with Gasteiger partial charge in [-0.1, -0.05) is 0 Å². The van der Waals surface area contributed by atoms with Crippen LogP contribution in [0.4, 0.5) is 14.5 Å². The minimum atomic E-state index is -0.402. The molecule has 0 unspecified atom stereocenters. The van der Waals surface area contributed by atoms with Crippen LogP contribution < -0.4 is 10.2 Å². The van der Waals surface area contributed by atoms with E-state index in [0.29, 0.717) is 12.2 Å². The number of nitrogens with zero attached hydrogens (tertiary/aromatic N) is 2. The van der Waals surface area contributed by atoms with Gasteiger partial charge < -0.3 is 10.2 Å². The minimum absolute atomic E-state index is 0.324. The van der Waals surface area contributed by atoms with Gasteiger partial charge in [0.1, 0.15) is 11.6 Å². The standard InChI is InChI=1S/C13H19F2N3/c1-17(8-9-18-6-4-16-5-7-18)13-10-11(14)2-3-12(13)15/h2-3,10,16H,4-9H2,1H3. The summed E-state index contributed by atoms with van der Waals surface area (Å²) in [6.07, 6.45) is 0. The smallest absolute Gasteiger partial charge is 0.146 e. The minimum Gasteiger partial charge on any atom is -0.371 e. The Kier molecular flexibility index (Phi) is 4.49. The summed E-state index contributed by atoms with van der Waals surface area (Å²) in [6.45, 7) is 5.59. The molecule has 0 bridgehead atoms. The van der Waals surface area contributed by atoms with E-state index in [1.54, 1.807) is 11.9 Å². The van der Waals surface area contributed by atoms with E-state index in [0.717, 1.165) is 38.8 Å². The Balaban J connectivity index is 1.90. The van der Waals surface area contributed by atoms with E-state index in [1.165, 1.54) is 12.1 Å². The SMILES string of the molecule is CN(CCN1CCNCC1)c1cc(F)ccc1F. The Morgan fingerprint density at radius 3 is 2.72 bits per heavy atom. The number of benzene rings is 1. The van der Waals surface area contributed by atoms with E-state index in [9.17, 15) is 8.78 Å². The summed E-state index contributed by atoms with van der Waals surface area (Å²) in [5, 5.41) is 3.29. The fourth-order valence-electron chi connectivity index (χ4n) is 2.12. The molecule has 1 N–H and O–H groups in total. The summed E-state index contributed by atoms with van der Waals surface area (Å²) >= 11 is 0. The Labute approximate surface area is 106 Å². The molecule has 0 aliphatic carbocycles. The molecule has 0 atom stereocenters. The molecule has 0 saturated carbocycles. The molecule has 5 heteroatoms. The molecule has 2 rings (SSSR count). The molecule has 1 fully saturated rings. The molecule has 0 spiro atoms. The second kappa shape index (κ2) is 6.11. The summed E-state index contributed by atoms with van der Waals surface area (Å²) < 4.78 is 26.6. The Hall–Kier alpha value is -1.20. The third-order valence-electron chi connectivity index (χ3n) is 3.28. The second-order valence-corrected chi connectivity index (χ2v) is 4.61. The van der Waals surface area contributed by atoms with Crippen LogP contribution in [0.5, 0.6) is 0 Å². The third kappa shape index (κ3) is 3.40. The van der Waals surface area contributed by atoms with Gasteiger partial charge in [-0.2, -0.15) is 0 Å². The van der Waals surface area contributed by atoms with Crippen molar-refractivity contribution in [3.05, 3.63) is 29.8 Å². The van der Waals surface area contributed by atoms with Gasteiger partial charge in [0.25, 0.3) is 0 Å². The fourth-order valence-corrected chi connectivity index (χ4v) is 2.12. The van der Waals surface area contributed by atoms with Gasteiger partial charge in [-0.25, -0.2) is 8.78 Å². The Bertz CT molecular complexity index is 392. The van der Waals surface area contributed by atoms with Crippen LogP contribution in [0.25, 0.3) is 0 Å². The van der Waals surface area contributed by atoms with E-state index in [2.05, 4.69) is 10.2 Å². The highest BCUT2D eigenvalue weighted by molar-refractivity contribution is 5.47. The van der Waals surface area contributed by atoms with Gasteiger partial charge in [0, 0.05) is 52.4 Å². The molecule has 1 aliphatic heterocycles. The largest absolute Gasteiger partial charge is 0.371 e. The van der Waals surface area contributed by atoms with Gasteiger partial charge in [0.05, 0.1) is 5.69 Å². The van der Waals surface area contributed by atoms with Crippen molar-refractivity contribution in [1.29, 1.82) is 0 Å². The first-order valence-corrected chi connectivity index (χ1v) is 6.26. The number of piperazine rings is 1. The first-order chi connectivity index (χ1) is 8.66. The van der Waals surface area contributed by atoms with E-state index >= 15 is 0 Å². The quantitative estimate of drug-likeness (QED) is 0.875. The van der Waals surface area contributed by atoms with Gasteiger partial charge in [-0.15, -0.1) is 0 Å². The molecule has 1 saturated heterocycles. The first kappa shape index (κ1) is 13.2. The highest BCUT2D eigenvalue weighted by atomic mass is 19.1. The van der Waals surface area contributed by atoms with E-state index in [4.69, 9.17) is 0 Å². The number of hydrogen-bond acceptors (Lipinski definition) is 3. The van der Waals surface area contributed by atoms with Crippen LogP contribution in [-0.2, 0) is 0 Å². The molecule has 18 heavy (non-hydrogen) atoms. The molecule has 0 radical (unpaired) electrons. The maximum atomic E-state index is 13.6. The van der Waals surface area contributed by atoms with Crippen LogP contribution in [0.1, 0.15) is 0 Å². The average Bonchev–Trinajstić information content (AvgIpc) is 2.40. The van der Waals surface area contributed by atoms with Gasteiger partial charge in [0.15, 0.2) is 0 Å². The Morgan fingerprint density at radius 1 is 1.28 bits per heavy atom. The predicted molar refractivity (Wildman–Crippen MR) is 68.9 cm³/mol. The van der Waals surface area contributed by atoms with Crippen molar-refractivity contribution in [2.75, 3.05) is 51.2 Å². The van der Waals surface area contributed by atoms with Crippen molar-refractivity contribution in [1.82, 2.24) is 10.2 Å². The highest BCUT2D eigenvalue weighted by Crippen LogP contribution is 2.18. The van der Waals surface area contributed by atoms with Crippen LogP contribution in [0.2, 0.25) is 0 Å². The molecule has 1 aliphatic rings. The topological polar surface area (TPSA) is 18.5 Å². The maximum Gasteiger partial charge on any atom is 0.146 e. The zero-order valence-corrected chi connectivity index (χ0v) is 10.6. The molecule has 0 aromatic heterocycles. The summed E-state index contributed by atoms with van der Waals surface area (Å²) in [5.74, 6) is -0.778. The molecular formula is C13H19F2N3. The van der Waals surface area contributed by atoms with Gasteiger partial charge >= 0.3 is 0 Å². The zero-order chi connectivity index (χ0) is 13.0. The van der Waals surface area contributed by atoms with Crippen LogP contribution >= 0.6 is 0 Å². The number of likely N-dealkylation sites (N-methyl/N-ethyl adjacent to an activating group) is 1. The summed E-state index contributed by atoms with van der Waals surface area (Å²) in [5.41, 5.74) is 0.324. The molecule has 1 aromatic rings. The van der Waals surface area contributed by atoms with Crippen molar-refractivity contribution >= 4 is 5.69 Å². The third-order valence-corrected chi connectivity index (χ3v) is 3.28. The van der Waals surface area contributed by atoms with Crippen molar-refractivity contribution in [3.63, 3.8) is 0 Å². The summed E-state index contributed by atoms with van der Waals surface area (Å²) in [7, 11) is 1.79. The van der Waals surface area contributed by atoms with Crippen molar-refractivity contribution in [3.8, 4) is 0 Å². The van der Waals surface area contributed by atoms with Crippen LogP contribution in [-0.4, -0.2) is 51.2 Å². The molecule has 100 valence electrons. The number of hydrogen-bond donors (Lipinski definition) is 1. The highest BCUT2D eigenvalue weighted by Gasteiger charge is 2.12. The van der Waals surface area contributed by atoms with Crippen LogP contribution in [0, 0.1) is 11.6 Å². The lowest BCUT2D eigenvalue weighted by Crippen LogP contribution is -2.46. The molecule has 1 heterocycles. The Morgan fingerprint density at radius 2 is 2.00 bits per heavy atom. The number of anilines is 1. The zero-order valence-electron chi connectivity index (χ0n) is 10.6. The van der Waals surface area contributed by atoms with Crippen molar-refractivity contribution < 1.29 is 8.78 Å². The summed E-state index contributed by atoms with van der Waals surface area (Å²) in [4.78, 5) is 4.09. The lowest BCUT2D eigenvalue weighted by atomic mass is 10.2. The van der Waals surface area contributed by atoms with Gasteiger partial charge in [-0.05, 0) is 12.1 Å². The van der Waals surface area contributed by atoms with Crippen LogP contribution in [0.15, 0.2) is 18.2 Å². The molecule has 3 nitrogen and oxygen atoms in total. The lowest BCUT2D eigenvalue weighted by molar-refractivity contribution is 0.246. The van der Waals surface area contributed by atoms with Gasteiger partial charge in [-0.3, -0.25) is 4.90 Å². The number of nitrogens with one attached hydrogen (secondary N) is 1. The molecule has 1 aromatic carbocycles. The number of halogens is 2. The van der Waals surface area contributed by atoms with Crippen molar-refractivity contribution in [2.24, 2.45) is 0 Å². The van der Waals surface area contributed by atoms with Gasteiger partial charge in [0.2, 0.25) is 0 Å². The van der Waals surface area contributed by atoms with E-state index < -0.39 is 5.82 Å². The normalized spacial score (nSPS) is 16.8. The molecular weight excluding hydrogens is 236 g/mol. The monoisotopic (exact) mass is 255 g/mol. The van der Waals surface area contributed by atoms with E-state index in [-0.39, 0.29) is 5.82 Å². The maximum absolute atomic E-state index is 13.6. The average molecular weight is 255 g/mol. The second-order valence-electron chi connectivity index (χ2n) is 4.61. The first-order valence-electron chi connectivity index (χ1n) is 6.26. The number of rotatable bonds is 4. The fraction of sp³-hybridized carbons (Fsp3) is 0.538. The summed E-state index contributed by atoms with van der Waals surface area (Å²) in [6, 6.07) is 3.56. The van der Waals surface area contributed by atoms with E-state index in [1.807, 2.05) is 0 Å². The molecule has 0 amide bonds. The van der Waals surface area contributed by atoms with Crippen molar-refractivity contribution in [2.45, 2.75) is 0 Å². The lowest BCUT2D eigenvalue weighted by Gasteiger charge is -2.29.